The number of ether oxygens (including phenoxy) is 2. The minimum Gasteiger partial charge on any atom is -0.490 e. The lowest BCUT2D eigenvalue weighted by Crippen LogP contribution is -2.28. The maximum Gasteiger partial charge on any atom is 0.356 e. The zero-order valence-electron chi connectivity index (χ0n) is 15.9. The van der Waals surface area contributed by atoms with E-state index in [1.54, 1.807) is 18.2 Å². The average Bonchev–Trinajstić information content (AvgIpc) is 2.71. The minimum absolute atomic E-state index is 0.202. The van der Waals surface area contributed by atoms with Gasteiger partial charge in [0.1, 0.15) is 6.33 Å². The summed E-state index contributed by atoms with van der Waals surface area (Å²) in [6.07, 6.45) is 1.42. The summed E-state index contributed by atoms with van der Waals surface area (Å²) in [6, 6.07) is 15.1. The number of aromatic nitrogens is 3. The molecule has 8 heteroatoms. The highest BCUT2D eigenvalue weighted by atomic mass is 16.5. The number of benzene rings is 2. The van der Waals surface area contributed by atoms with E-state index in [0.29, 0.717) is 36.9 Å². The normalized spacial score (nSPS) is 10.5. The molecule has 0 unspecified atom stereocenters. The van der Waals surface area contributed by atoms with E-state index in [1.807, 2.05) is 44.2 Å². The summed E-state index contributed by atoms with van der Waals surface area (Å²) < 4.78 is 12.5. The third-order valence-corrected chi connectivity index (χ3v) is 3.84. The molecule has 1 aromatic heterocycles. The number of anilines is 1. The van der Waals surface area contributed by atoms with E-state index in [0.717, 1.165) is 5.56 Å². The summed E-state index contributed by atoms with van der Waals surface area (Å²) in [6.45, 7) is 5.38. The second-order valence-corrected chi connectivity index (χ2v) is 5.79. The fraction of sp³-hybridized carbons (Fsp3) is 0.250. The molecule has 0 spiro atoms. The Labute approximate surface area is 163 Å². The topological polar surface area (TPSA) is 90.3 Å². The van der Waals surface area contributed by atoms with E-state index >= 15 is 0 Å². The Morgan fingerprint density at radius 2 is 1.75 bits per heavy atom. The maximum atomic E-state index is 12.4. The van der Waals surface area contributed by atoms with E-state index in [-0.39, 0.29) is 5.95 Å². The Morgan fingerprint density at radius 1 is 1.00 bits per heavy atom. The lowest BCUT2D eigenvalue weighted by atomic mass is 10.2. The largest absolute Gasteiger partial charge is 0.490 e. The van der Waals surface area contributed by atoms with Crippen LogP contribution in [-0.2, 0) is 6.54 Å². The Kier molecular flexibility index (Phi) is 6.59. The standard InChI is InChI=1S/C20H23N5O3/c1-3-27-17-11-10-16(12-18(17)28-4-2)25-14-21-19(23-20(25)26)24-22-13-15-8-6-5-7-9-15/h5-12,14,22H,3-4,13H2,1-2H3,(H,23,24,26). The van der Waals surface area contributed by atoms with Crippen molar-refractivity contribution in [1.82, 2.24) is 20.0 Å². The molecule has 3 aromatic rings. The van der Waals surface area contributed by atoms with Gasteiger partial charge in [0, 0.05) is 12.6 Å². The van der Waals surface area contributed by atoms with E-state index in [4.69, 9.17) is 9.47 Å². The van der Waals surface area contributed by atoms with Gasteiger partial charge >= 0.3 is 5.69 Å². The second-order valence-electron chi connectivity index (χ2n) is 5.79. The van der Waals surface area contributed by atoms with Crippen LogP contribution in [0.5, 0.6) is 11.5 Å². The smallest absolute Gasteiger partial charge is 0.356 e. The molecule has 0 bridgehead atoms. The van der Waals surface area contributed by atoms with Gasteiger partial charge in [0.05, 0.1) is 18.9 Å². The van der Waals surface area contributed by atoms with Crippen molar-refractivity contribution in [2.24, 2.45) is 0 Å². The van der Waals surface area contributed by atoms with Crippen LogP contribution in [0.15, 0.2) is 59.7 Å². The maximum absolute atomic E-state index is 12.4. The molecule has 0 amide bonds. The van der Waals surface area contributed by atoms with Gasteiger partial charge in [-0.2, -0.15) is 4.98 Å². The molecular formula is C20H23N5O3. The SMILES string of the molecule is CCOc1ccc(-n2cnc(NNCc3ccccc3)nc2=O)cc1OCC. The fourth-order valence-electron chi connectivity index (χ4n) is 2.58. The van der Waals surface area contributed by atoms with Gasteiger partial charge in [-0.1, -0.05) is 30.3 Å². The predicted octanol–water partition coefficient (Wildman–Crippen LogP) is 2.54. The first-order chi connectivity index (χ1) is 13.7. The van der Waals surface area contributed by atoms with Gasteiger partial charge in [0.25, 0.3) is 0 Å². The minimum atomic E-state index is -0.453. The molecule has 0 aliphatic carbocycles. The molecule has 2 aromatic carbocycles. The summed E-state index contributed by atoms with van der Waals surface area (Å²) in [5, 5.41) is 0. The van der Waals surface area contributed by atoms with Crippen molar-refractivity contribution in [3.8, 4) is 17.2 Å². The zero-order valence-corrected chi connectivity index (χ0v) is 15.9. The van der Waals surface area contributed by atoms with Gasteiger partial charge < -0.3 is 9.47 Å². The van der Waals surface area contributed by atoms with Crippen LogP contribution >= 0.6 is 0 Å². The van der Waals surface area contributed by atoms with Crippen LogP contribution in [-0.4, -0.2) is 27.7 Å². The lowest BCUT2D eigenvalue weighted by molar-refractivity contribution is 0.287. The molecule has 146 valence electrons. The Balaban J connectivity index is 1.73. The van der Waals surface area contributed by atoms with Crippen LogP contribution in [0, 0.1) is 0 Å². The van der Waals surface area contributed by atoms with E-state index in [9.17, 15) is 4.79 Å². The van der Waals surface area contributed by atoms with Crippen molar-refractivity contribution in [3.05, 3.63) is 70.9 Å². The van der Waals surface area contributed by atoms with E-state index in [1.165, 1.54) is 10.9 Å². The summed E-state index contributed by atoms with van der Waals surface area (Å²) in [4.78, 5) is 20.6. The molecular weight excluding hydrogens is 358 g/mol. The van der Waals surface area contributed by atoms with Crippen LogP contribution < -0.4 is 26.0 Å². The van der Waals surface area contributed by atoms with Crippen molar-refractivity contribution < 1.29 is 9.47 Å². The van der Waals surface area contributed by atoms with Crippen LogP contribution in [0.3, 0.4) is 0 Å². The average molecular weight is 381 g/mol. The van der Waals surface area contributed by atoms with Crippen molar-refractivity contribution in [2.45, 2.75) is 20.4 Å². The molecule has 3 rings (SSSR count). The Bertz CT molecular complexity index is 960. The molecule has 0 aliphatic rings. The summed E-state index contributed by atoms with van der Waals surface area (Å²) >= 11 is 0. The molecule has 0 saturated carbocycles. The summed E-state index contributed by atoms with van der Waals surface area (Å²) in [5.41, 5.74) is 7.08. The van der Waals surface area contributed by atoms with E-state index in [2.05, 4.69) is 20.8 Å². The van der Waals surface area contributed by atoms with Crippen LogP contribution in [0.1, 0.15) is 19.4 Å². The quantitative estimate of drug-likeness (QED) is 0.551. The van der Waals surface area contributed by atoms with Gasteiger partial charge in [-0.15, -0.1) is 0 Å². The highest BCUT2D eigenvalue weighted by Crippen LogP contribution is 2.29. The third-order valence-electron chi connectivity index (χ3n) is 3.84. The van der Waals surface area contributed by atoms with Gasteiger partial charge in [0.2, 0.25) is 5.95 Å². The first kappa shape index (κ1) is 19.4. The summed E-state index contributed by atoms with van der Waals surface area (Å²) in [5.74, 6) is 1.40. The fourth-order valence-corrected chi connectivity index (χ4v) is 2.58. The number of hydrogen-bond donors (Lipinski definition) is 2. The zero-order chi connectivity index (χ0) is 19.8. The number of hydrogen-bond acceptors (Lipinski definition) is 7. The van der Waals surface area contributed by atoms with Crippen molar-refractivity contribution in [3.63, 3.8) is 0 Å². The van der Waals surface area contributed by atoms with Crippen molar-refractivity contribution in [1.29, 1.82) is 0 Å². The van der Waals surface area contributed by atoms with Crippen molar-refractivity contribution in [2.75, 3.05) is 18.6 Å². The Hall–Kier alpha value is -3.39. The third kappa shape index (κ3) is 4.86. The number of rotatable bonds is 9. The highest BCUT2D eigenvalue weighted by molar-refractivity contribution is 5.48. The van der Waals surface area contributed by atoms with Gasteiger partial charge in [-0.3, -0.25) is 9.99 Å². The first-order valence-electron chi connectivity index (χ1n) is 9.09. The van der Waals surface area contributed by atoms with Crippen LogP contribution in [0.25, 0.3) is 5.69 Å². The van der Waals surface area contributed by atoms with Gasteiger partial charge in [0.15, 0.2) is 11.5 Å². The van der Waals surface area contributed by atoms with Crippen molar-refractivity contribution >= 4 is 5.95 Å². The monoisotopic (exact) mass is 381 g/mol. The molecule has 0 saturated heterocycles. The predicted molar refractivity (Wildman–Crippen MR) is 107 cm³/mol. The van der Waals surface area contributed by atoms with Gasteiger partial charge in [-0.25, -0.2) is 15.2 Å². The van der Waals surface area contributed by atoms with Crippen LogP contribution in [0.2, 0.25) is 0 Å². The lowest BCUT2D eigenvalue weighted by Gasteiger charge is -2.13. The molecule has 8 nitrogen and oxygen atoms in total. The highest BCUT2D eigenvalue weighted by Gasteiger charge is 2.10. The Morgan fingerprint density at radius 3 is 2.46 bits per heavy atom. The molecule has 0 fully saturated rings. The number of hydrazine groups is 1. The van der Waals surface area contributed by atoms with E-state index < -0.39 is 5.69 Å². The van der Waals surface area contributed by atoms with Crippen LogP contribution in [0.4, 0.5) is 5.95 Å². The summed E-state index contributed by atoms with van der Waals surface area (Å²) in [7, 11) is 0. The van der Waals surface area contributed by atoms with Gasteiger partial charge in [-0.05, 0) is 31.5 Å². The molecule has 0 radical (unpaired) electrons. The molecule has 0 atom stereocenters. The number of nitrogens with zero attached hydrogens (tertiary/aromatic N) is 3. The molecule has 2 N–H and O–H groups in total. The first-order valence-corrected chi connectivity index (χ1v) is 9.09. The molecule has 1 heterocycles. The number of nitrogens with one attached hydrogen (secondary N) is 2. The molecule has 28 heavy (non-hydrogen) atoms. The second kappa shape index (κ2) is 9.52. The molecule has 0 aliphatic heterocycles.